The maximum absolute atomic E-state index is 12.5. The second-order valence-electron chi connectivity index (χ2n) is 7.41. The van der Waals surface area contributed by atoms with E-state index in [1.54, 1.807) is 84.9 Å². The summed E-state index contributed by atoms with van der Waals surface area (Å²) in [5.41, 5.74) is 1.88. The molecular weight excluding hydrogens is 460 g/mol. The summed E-state index contributed by atoms with van der Waals surface area (Å²) in [4.78, 5) is 49.4. The van der Waals surface area contributed by atoms with Gasteiger partial charge >= 0.3 is 11.9 Å². The maximum atomic E-state index is 12.5. The predicted molar refractivity (Wildman–Crippen MR) is 134 cm³/mol. The third-order valence-corrected chi connectivity index (χ3v) is 4.94. The first-order valence-corrected chi connectivity index (χ1v) is 10.8. The molecule has 36 heavy (non-hydrogen) atoms. The van der Waals surface area contributed by atoms with Crippen molar-refractivity contribution in [3.63, 3.8) is 0 Å². The number of ether oxygens (including phenoxy) is 2. The van der Waals surface area contributed by atoms with E-state index in [4.69, 9.17) is 9.47 Å². The zero-order valence-electron chi connectivity index (χ0n) is 19.7. The first-order chi connectivity index (χ1) is 17.4. The lowest BCUT2D eigenvalue weighted by Crippen LogP contribution is -2.28. The highest BCUT2D eigenvalue weighted by Crippen LogP contribution is 2.13. The molecule has 182 valence electrons. The Hall–Kier alpha value is -4.98. The van der Waals surface area contributed by atoms with Crippen molar-refractivity contribution < 1.29 is 28.7 Å². The first-order valence-electron chi connectivity index (χ1n) is 10.8. The summed E-state index contributed by atoms with van der Waals surface area (Å²) in [6.07, 6.45) is 2.94. The van der Waals surface area contributed by atoms with Gasteiger partial charge in [0.05, 0.1) is 14.2 Å². The van der Waals surface area contributed by atoms with Gasteiger partial charge in [0.2, 0.25) is 0 Å². The van der Waals surface area contributed by atoms with Crippen LogP contribution in [0.3, 0.4) is 0 Å². The van der Waals surface area contributed by atoms with Crippen molar-refractivity contribution >= 4 is 35.9 Å². The Labute approximate surface area is 208 Å². The molecule has 2 amide bonds. The summed E-state index contributed by atoms with van der Waals surface area (Å²) in [5, 5.41) is 5.13. The van der Waals surface area contributed by atoms with Gasteiger partial charge in [-0.3, -0.25) is 9.59 Å². The Morgan fingerprint density at radius 1 is 0.556 bits per heavy atom. The van der Waals surface area contributed by atoms with Crippen molar-refractivity contribution in [2.24, 2.45) is 0 Å². The molecule has 0 spiro atoms. The number of rotatable bonds is 8. The molecule has 8 heteroatoms. The van der Waals surface area contributed by atoms with E-state index in [1.807, 2.05) is 0 Å². The maximum Gasteiger partial charge on any atom is 0.354 e. The van der Waals surface area contributed by atoms with Gasteiger partial charge in [0, 0.05) is 11.1 Å². The minimum Gasteiger partial charge on any atom is -0.464 e. The van der Waals surface area contributed by atoms with Crippen LogP contribution in [0.4, 0.5) is 0 Å². The molecule has 0 aliphatic rings. The highest BCUT2D eigenvalue weighted by Gasteiger charge is 2.16. The Morgan fingerprint density at radius 3 is 1.19 bits per heavy atom. The molecule has 0 saturated heterocycles. The lowest BCUT2D eigenvalue weighted by molar-refractivity contribution is -0.137. The SMILES string of the molecule is COC(=O)/C(=C\c1ccc(/C=C(/NC(=O)c2ccccc2)C(=O)OC)cc1)NC(=O)c1ccccc1. The fourth-order valence-electron chi connectivity index (χ4n) is 3.10. The quantitative estimate of drug-likeness (QED) is 0.374. The van der Waals surface area contributed by atoms with Gasteiger partial charge < -0.3 is 20.1 Å². The van der Waals surface area contributed by atoms with Gasteiger partial charge in [-0.25, -0.2) is 9.59 Å². The molecule has 8 nitrogen and oxygen atoms in total. The molecular formula is C28H24N2O6. The zero-order chi connectivity index (χ0) is 25.9. The van der Waals surface area contributed by atoms with Crippen LogP contribution in [0, 0.1) is 0 Å². The van der Waals surface area contributed by atoms with E-state index in [9.17, 15) is 19.2 Å². The molecule has 0 unspecified atom stereocenters. The molecule has 0 heterocycles. The summed E-state index contributed by atoms with van der Waals surface area (Å²) in [6.45, 7) is 0. The van der Waals surface area contributed by atoms with E-state index in [0.717, 1.165) is 0 Å². The van der Waals surface area contributed by atoms with Gasteiger partial charge in [-0.15, -0.1) is 0 Å². The van der Waals surface area contributed by atoms with E-state index < -0.39 is 23.8 Å². The minimum absolute atomic E-state index is 0.0416. The highest BCUT2D eigenvalue weighted by atomic mass is 16.5. The number of hydrogen-bond acceptors (Lipinski definition) is 6. The number of methoxy groups -OCH3 is 2. The molecule has 0 bridgehead atoms. The van der Waals surface area contributed by atoms with Gasteiger partial charge in [-0.2, -0.15) is 0 Å². The average molecular weight is 485 g/mol. The van der Waals surface area contributed by atoms with Crippen LogP contribution in [-0.2, 0) is 19.1 Å². The van der Waals surface area contributed by atoms with Gasteiger partial charge in [-0.1, -0.05) is 60.7 Å². The van der Waals surface area contributed by atoms with Crippen molar-refractivity contribution in [2.45, 2.75) is 0 Å². The molecule has 3 rings (SSSR count). The van der Waals surface area contributed by atoms with Gasteiger partial charge in [0.25, 0.3) is 11.8 Å². The molecule has 0 radical (unpaired) electrons. The van der Waals surface area contributed by atoms with Crippen molar-refractivity contribution in [3.05, 3.63) is 119 Å². The first kappa shape index (κ1) is 25.6. The van der Waals surface area contributed by atoms with Crippen LogP contribution in [0.1, 0.15) is 31.8 Å². The summed E-state index contributed by atoms with van der Waals surface area (Å²) in [6, 6.07) is 23.6. The molecule has 0 saturated carbocycles. The standard InChI is InChI=1S/C28H24N2O6/c1-35-27(33)23(29-25(31)21-9-5-3-6-10-21)17-19-13-15-20(16-14-19)18-24(28(34)36-2)30-26(32)22-11-7-4-8-12-22/h3-18H,1-2H3,(H,29,31)(H,30,32)/b23-17+,24-18+. The van der Waals surface area contributed by atoms with Crippen molar-refractivity contribution in [3.8, 4) is 0 Å². The summed E-state index contributed by atoms with van der Waals surface area (Å²) >= 11 is 0. The third-order valence-electron chi connectivity index (χ3n) is 4.94. The fraction of sp³-hybridized carbons (Fsp3) is 0.0714. The summed E-state index contributed by atoms with van der Waals surface area (Å²) in [7, 11) is 2.44. The number of hydrogen-bond donors (Lipinski definition) is 2. The second-order valence-corrected chi connectivity index (χ2v) is 7.41. The van der Waals surface area contributed by atoms with E-state index in [0.29, 0.717) is 22.3 Å². The molecule has 0 fully saturated rings. The average Bonchev–Trinajstić information content (AvgIpc) is 2.93. The minimum atomic E-state index is -0.708. The van der Waals surface area contributed by atoms with Crippen molar-refractivity contribution in [1.29, 1.82) is 0 Å². The lowest BCUT2D eigenvalue weighted by Gasteiger charge is -2.09. The largest absolute Gasteiger partial charge is 0.464 e. The Bertz CT molecular complexity index is 1190. The molecule has 0 aromatic heterocycles. The van der Waals surface area contributed by atoms with Crippen LogP contribution in [0.25, 0.3) is 12.2 Å². The Balaban J connectivity index is 1.82. The number of amides is 2. The molecule has 3 aromatic carbocycles. The van der Waals surface area contributed by atoms with Crippen LogP contribution in [0.2, 0.25) is 0 Å². The van der Waals surface area contributed by atoms with E-state index in [2.05, 4.69) is 10.6 Å². The zero-order valence-corrected chi connectivity index (χ0v) is 19.7. The van der Waals surface area contributed by atoms with Crippen molar-refractivity contribution in [2.75, 3.05) is 14.2 Å². The number of carbonyl (C=O) groups is 4. The summed E-state index contributed by atoms with van der Waals surface area (Å²) in [5.74, 6) is -2.33. The van der Waals surface area contributed by atoms with E-state index >= 15 is 0 Å². The van der Waals surface area contributed by atoms with Crippen LogP contribution < -0.4 is 10.6 Å². The topological polar surface area (TPSA) is 111 Å². The number of esters is 2. The Kier molecular flexibility index (Phi) is 8.88. The molecule has 0 aliphatic heterocycles. The number of nitrogens with one attached hydrogen (secondary N) is 2. The van der Waals surface area contributed by atoms with Gasteiger partial charge in [0.1, 0.15) is 11.4 Å². The fourth-order valence-corrected chi connectivity index (χ4v) is 3.10. The second kappa shape index (κ2) is 12.5. The molecule has 2 N–H and O–H groups in total. The molecule has 3 aromatic rings. The van der Waals surface area contributed by atoms with Crippen LogP contribution in [0.15, 0.2) is 96.3 Å². The van der Waals surface area contributed by atoms with E-state index in [-0.39, 0.29) is 11.4 Å². The lowest BCUT2D eigenvalue weighted by atomic mass is 10.1. The van der Waals surface area contributed by atoms with Gasteiger partial charge in [0.15, 0.2) is 0 Å². The predicted octanol–water partition coefficient (Wildman–Crippen LogP) is 3.57. The number of carbonyl (C=O) groups excluding carboxylic acids is 4. The van der Waals surface area contributed by atoms with Crippen LogP contribution in [-0.4, -0.2) is 38.0 Å². The number of benzene rings is 3. The van der Waals surface area contributed by atoms with Crippen LogP contribution >= 0.6 is 0 Å². The van der Waals surface area contributed by atoms with Crippen LogP contribution in [0.5, 0.6) is 0 Å². The van der Waals surface area contributed by atoms with E-state index in [1.165, 1.54) is 26.4 Å². The normalized spacial score (nSPS) is 11.3. The third kappa shape index (κ3) is 7.01. The Morgan fingerprint density at radius 2 is 0.889 bits per heavy atom. The highest BCUT2D eigenvalue weighted by molar-refractivity contribution is 6.04. The molecule has 0 aliphatic carbocycles. The smallest absolute Gasteiger partial charge is 0.354 e. The molecule has 0 atom stereocenters. The summed E-state index contributed by atoms with van der Waals surface area (Å²) < 4.78 is 9.57. The van der Waals surface area contributed by atoms with Crippen molar-refractivity contribution in [1.82, 2.24) is 10.6 Å². The monoisotopic (exact) mass is 484 g/mol. The van der Waals surface area contributed by atoms with Gasteiger partial charge in [-0.05, 0) is 47.5 Å².